The van der Waals surface area contributed by atoms with E-state index >= 15 is 0 Å². The third kappa shape index (κ3) is 2.19. The maximum atomic E-state index is 12.7. The van der Waals surface area contributed by atoms with Crippen LogP contribution in [0.1, 0.15) is 19.8 Å². The summed E-state index contributed by atoms with van der Waals surface area (Å²) in [4.78, 5) is 2.72. The minimum Gasteiger partial charge on any atom is -0.297 e. The molecule has 0 radical (unpaired) electrons. The first-order chi connectivity index (χ1) is 8.98. The Morgan fingerprint density at radius 3 is 2.84 bits per heavy atom. The van der Waals surface area contributed by atoms with Crippen LogP contribution >= 0.6 is 0 Å². The Balaban J connectivity index is 1.88. The molecule has 3 heterocycles. The van der Waals surface area contributed by atoms with Gasteiger partial charge in [-0.05, 0) is 26.3 Å². The fraction of sp³-hybridized carbons (Fsp3) is 0.750. The van der Waals surface area contributed by atoms with Gasteiger partial charge in [-0.1, -0.05) is 0 Å². The second-order valence-electron chi connectivity index (χ2n) is 5.56. The summed E-state index contributed by atoms with van der Waals surface area (Å²) in [6.45, 7) is 4.54. The van der Waals surface area contributed by atoms with E-state index in [0.717, 1.165) is 19.5 Å². The third-order valence-electron chi connectivity index (χ3n) is 4.17. The van der Waals surface area contributed by atoms with Crippen LogP contribution in [0.15, 0.2) is 17.3 Å². The van der Waals surface area contributed by atoms with Crippen molar-refractivity contribution in [2.75, 3.05) is 19.6 Å². The molecule has 2 atom stereocenters. The van der Waals surface area contributed by atoms with Crippen LogP contribution < -0.4 is 0 Å². The molecule has 0 spiro atoms. The van der Waals surface area contributed by atoms with E-state index in [9.17, 15) is 8.42 Å². The molecule has 3 rings (SSSR count). The van der Waals surface area contributed by atoms with Crippen molar-refractivity contribution in [3.63, 3.8) is 0 Å². The van der Waals surface area contributed by atoms with Crippen molar-refractivity contribution in [3.05, 3.63) is 12.4 Å². The third-order valence-corrected chi connectivity index (χ3v) is 6.10. The summed E-state index contributed by atoms with van der Waals surface area (Å²) < 4.78 is 28.5. The van der Waals surface area contributed by atoms with Crippen LogP contribution in [0.4, 0.5) is 0 Å². The Bertz CT molecular complexity index is 568. The minimum absolute atomic E-state index is 0.0274. The zero-order valence-electron chi connectivity index (χ0n) is 11.4. The van der Waals surface area contributed by atoms with Gasteiger partial charge < -0.3 is 0 Å². The number of hydrogen-bond acceptors (Lipinski definition) is 4. The van der Waals surface area contributed by atoms with E-state index in [4.69, 9.17) is 0 Å². The molecule has 1 aromatic heterocycles. The Kier molecular flexibility index (Phi) is 3.15. The lowest BCUT2D eigenvalue weighted by Crippen LogP contribution is -2.56. The van der Waals surface area contributed by atoms with Gasteiger partial charge in [0.15, 0.2) is 0 Å². The van der Waals surface area contributed by atoms with Crippen molar-refractivity contribution in [3.8, 4) is 0 Å². The normalized spacial score (nSPS) is 29.6. The molecule has 2 saturated heterocycles. The van der Waals surface area contributed by atoms with Gasteiger partial charge in [-0.3, -0.25) is 9.58 Å². The van der Waals surface area contributed by atoms with Crippen LogP contribution in [0, 0.1) is 0 Å². The van der Waals surface area contributed by atoms with E-state index in [1.807, 2.05) is 6.92 Å². The minimum atomic E-state index is -3.41. The lowest BCUT2D eigenvalue weighted by atomic mass is 10.1. The van der Waals surface area contributed by atoms with Crippen molar-refractivity contribution in [2.45, 2.75) is 36.7 Å². The molecule has 7 heteroatoms. The van der Waals surface area contributed by atoms with Gasteiger partial charge in [0.05, 0.1) is 6.20 Å². The molecule has 2 aliphatic rings. The van der Waals surface area contributed by atoms with Crippen LogP contribution in [-0.4, -0.2) is 59.1 Å². The zero-order chi connectivity index (χ0) is 13.6. The van der Waals surface area contributed by atoms with Gasteiger partial charge in [0.2, 0.25) is 10.0 Å². The van der Waals surface area contributed by atoms with Gasteiger partial charge in [-0.2, -0.15) is 9.40 Å². The first-order valence-corrected chi connectivity index (χ1v) is 8.17. The zero-order valence-corrected chi connectivity index (χ0v) is 12.2. The fourth-order valence-electron chi connectivity index (χ4n) is 3.16. The highest BCUT2D eigenvalue weighted by Crippen LogP contribution is 2.28. The first kappa shape index (κ1) is 13.1. The van der Waals surface area contributed by atoms with Gasteiger partial charge >= 0.3 is 0 Å². The molecule has 0 aromatic carbocycles. The predicted octanol–water partition coefficient (Wildman–Crippen LogP) is 0.277. The summed E-state index contributed by atoms with van der Waals surface area (Å²) in [5, 5.41) is 3.97. The average molecular weight is 284 g/mol. The molecule has 2 fully saturated rings. The van der Waals surface area contributed by atoms with Crippen molar-refractivity contribution in [2.24, 2.45) is 7.05 Å². The van der Waals surface area contributed by atoms with Gasteiger partial charge in [0, 0.05) is 38.4 Å². The molecule has 106 valence electrons. The molecule has 6 nitrogen and oxygen atoms in total. The van der Waals surface area contributed by atoms with Crippen molar-refractivity contribution in [1.29, 1.82) is 0 Å². The SMILES string of the molecule is CC1CN2CCCC2CN1S(=O)(=O)c1cnn(C)c1. The largest absolute Gasteiger partial charge is 0.297 e. The van der Waals surface area contributed by atoms with E-state index in [1.54, 1.807) is 17.5 Å². The molecule has 0 saturated carbocycles. The van der Waals surface area contributed by atoms with E-state index in [2.05, 4.69) is 10.00 Å². The molecule has 2 aliphatic heterocycles. The van der Waals surface area contributed by atoms with Crippen LogP contribution in [-0.2, 0) is 17.1 Å². The van der Waals surface area contributed by atoms with Gasteiger partial charge in [-0.15, -0.1) is 0 Å². The molecular formula is C12H20N4O2S. The smallest absolute Gasteiger partial charge is 0.246 e. The number of fused-ring (bicyclic) bond motifs is 1. The Hall–Kier alpha value is -0.920. The van der Waals surface area contributed by atoms with Crippen molar-refractivity contribution >= 4 is 10.0 Å². The molecule has 2 unspecified atom stereocenters. The highest BCUT2D eigenvalue weighted by Gasteiger charge is 2.40. The van der Waals surface area contributed by atoms with Crippen LogP contribution in [0.2, 0.25) is 0 Å². The Morgan fingerprint density at radius 1 is 1.37 bits per heavy atom. The van der Waals surface area contributed by atoms with Crippen LogP contribution in [0.5, 0.6) is 0 Å². The number of aromatic nitrogens is 2. The topological polar surface area (TPSA) is 58.4 Å². The molecule has 19 heavy (non-hydrogen) atoms. The highest BCUT2D eigenvalue weighted by molar-refractivity contribution is 7.89. The number of nitrogens with zero attached hydrogens (tertiary/aromatic N) is 4. The summed E-state index contributed by atoms with van der Waals surface area (Å²) in [6, 6.07) is 0.419. The number of sulfonamides is 1. The molecule has 0 bridgehead atoms. The molecule has 1 aromatic rings. The van der Waals surface area contributed by atoms with Crippen LogP contribution in [0.3, 0.4) is 0 Å². The highest BCUT2D eigenvalue weighted by atomic mass is 32.2. The quantitative estimate of drug-likeness (QED) is 0.782. The van der Waals surface area contributed by atoms with Gasteiger partial charge in [-0.25, -0.2) is 8.42 Å². The summed E-state index contributed by atoms with van der Waals surface area (Å²) >= 11 is 0. The lowest BCUT2D eigenvalue weighted by molar-refractivity contribution is 0.117. The fourth-order valence-corrected chi connectivity index (χ4v) is 4.81. The number of rotatable bonds is 2. The van der Waals surface area contributed by atoms with Crippen molar-refractivity contribution in [1.82, 2.24) is 19.0 Å². The molecule has 0 N–H and O–H groups in total. The van der Waals surface area contributed by atoms with E-state index in [0.29, 0.717) is 17.5 Å². The maximum absolute atomic E-state index is 12.7. The molecule has 0 amide bonds. The van der Waals surface area contributed by atoms with Crippen LogP contribution in [0.25, 0.3) is 0 Å². The standard InChI is InChI=1S/C12H20N4O2S/c1-10-7-15-5-3-4-11(15)8-16(10)19(17,18)12-6-13-14(2)9-12/h6,9-11H,3-5,7-8H2,1-2H3. The predicted molar refractivity (Wildman–Crippen MR) is 71.2 cm³/mol. The molecule has 0 aliphatic carbocycles. The average Bonchev–Trinajstić information content (AvgIpc) is 2.96. The summed E-state index contributed by atoms with van der Waals surface area (Å²) in [5.41, 5.74) is 0. The molecular weight excluding hydrogens is 264 g/mol. The maximum Gasteiger partial charge on any atom is 0.246 e. The van der Waals surface area contributed by atoms with Gasteiger partial charge in [0.1, 0.15) is 4.90 Å². The number of piperazine rings is 1. The number of hydrogen-bond donors (Lipinski definition) is 0. The second-order valence-corrected chi connectivity index (χ2v) is 7.45. The summed E-state index contributed by atoms with van der Waals surface area (Å²) in [7, 11) is -1.67. The number of aryl methyl sites for hydroxylation is 1. The summed E-state index contributed by atoms with van der Waals surface area (Å²) in [6.07, 6.45) is 5.29. The Morgan fingerprint density at radius 2 is 2.16 bits per heavy atom. The monoisotopic (exact) mass is 284 g/mol. The lowest BCUT2D eigenvalue weighted by Gasteiger charge is -2.41. The summed E-state index contributed by atoms with van der Waals surface area (Å²) in [5.74, 6) is 0. The van der Waals surface area contributed by atoms with E-state index < -0.39 is 10.0 Å². The first-order valence-electron chi connectivity index (χ1n) is 6.73. The van der Waals surface area contributed by atoms with E-state index in [-0.39, 0.29) is 6.04 Å². The Labute approximate surface area is 114 Å². The van der Waals surface area contributed by atoms with Crippen molar-refractivity contribution < 1.29 is 8.42 Å². The van der Waals surface area contributed by atoms with E-state index in [1.165, 1.54) is 17.3 Å². The van der Waals surface area contributed by atoms with Gasteiger partial charge in [0.25, 0.3) is 0 Å². The second kappa shape index (κ2) is 4.57.